The number of rotatable bonds is 4. The van der Waals surface area contributed by atoms with Gasteiger partial charge < -0.3 is 14.2 Å². The van der Waals surface area contributed by atoms with E-state index < -0.39 is 0 Å². The molecule has 18 heavy (non-hydrogen) atoms. The predicted octanol–water partition coefficient (Wildman–Crippen LogP) is 2.30. The summed E-state index contributed by atoms with van der Waals surface area (Å²) in [5.74, 6) is 1.61. The van der Waals surface area contributed by atoms with Crippen LogP contribution in [0.2, 0.25) is 0 Å². The Balaban J connectivity index is 2.16. The summed E-state index contributed by atoms with van der Waals surface area (Å²) < 4.78 is 16.9. The van der Waals surface area contributed by atoms with Crippen molar-refractivity contribution in [3.05, 3.63) is 22.2 Å². The van der Waals surface area contributed by atoms with Crippen LogP contribution in [0.15, 0.2) is 16.6 Å². The molecule has 1 aliphatic heterocycles. The number of nitrogens with zero attached hydrogens (tertiary/aromatic N) is 1. The summed E-state index contributed by atoms with van der Waals surface area (Å²) >= 11 is 3.48. The summed E-state index contributed by atoms with van der Waals surface area (Å²) in [6, 6.07) is 4.09. The van der Waals surface area contributed by atoms with Crippen LogP contribution in [-0.4, -0.2) is 45.4 Å². The SMILES string of the molecule is COc1cc(CN2CCOCC2)cc(OC)c1Br. The average Bonchev–Trinajstić information content (AvgIpc) is 2.41. The highest BCUT2D eigenvalue weighted by Gasteiger charge is 2.14. The van der Waals surface area contributed by atoms with Crippen molar-refractivity contribution >= 4 is 15.9 Å². The standard InChI is InChI=1S/C13H18BrNO3/c1-16-11-7-10(8-12(17-2)13(11)14)9-15-3-5-18-6-4-15/h7-8H,3-6,9H2,1-2H3. The Bertz CT molecular complexity index is 380. The van der Waals surface area contributed by atoms with Crippen LogP contribution >= 0.6 is 15.9 Å². The zero-order valence-corrected chi connectivity index (χ0v) is 12.3. The van der Waals surface area contributed by atoms with Gasteiger partial charge >= 0.3 is 0 Å². The van der Waals surface area contributed by atoms with Gasteiger partial charge in [0.25, 0.3) is 0 Å². The van der Waals surface area contributed by atoms with Crippen LogP contribution in [0.4, 0.5) is 0 Å². The molecule has 0 N–H and O–H groups in total. The lowest BCUT2D eigenvalue weighted by Crippen LogP contribution is -2.35. The van der Waals surface area contributed by atoms with Crippen LogP contribution in [0.25, 0.3) is 0 Å². The zero-order valence-electron chi connectivity index (χ0n) is 10.7. The first-order valence-corrected chi connectivity index (χ1v) is 6.74. The number of hydrogen-bond acceptors (Lipinski definition) is 4. The third kappa shape index (κ3) is 3.16. The molecule has 1 saturated heterocycles. The smallest absolute Gasteiger partial charge is 0.137 e. The first-order chi connectivity index (χ1) is 8.74. The quantitative estimate of drug-likeness (QED) is 0.853. The van der Waals surface area contributed by atoms with Crippen LogP contribution in [-0.2, 0) is 11.3 Å². The second-order valence-electron chi connectivity index (χ2n) is 4.20. The zero-order chi connectivity index (χ0) is 13.0. The molecular formula is C13H18BrNO3. The molecule has 2 rings (SSSR count). The van der Waals surface area contributed by atoms with Gasteiger partial charge in [0.1, 0.15) is 16.0 Å². The van der Waals surface area contributed by atoms with Crippen molar-refractivity contribution in [3.63, 3.8) is 0 Å². The topological polar surface area (TPSA) is 30.9 Å². The molecule has 0 aromatic heterocycles. The molecule has 4 nitrogen and oxygen atoms in total. The first-order valence-electron chi connectivity index (χ1n) is 5.95. The predicted molar refractivity (Wildman–Crippen MR) is 73.3 cm³/mol. The fourth-order valence-corrected chi connectivity index (χ4v) is 2.59. The van der Waals surface area contributed by atoms with E-state index in [1.807, 2.05) is 12.1 Å². The monoisotopic (exact) mass is 315 g/mol. The van der Waals surface area contributed by atoms with E-state index in [1.165, 1.54) is 5.56 Å². The molecule has 0 aliphatic carbocycles. The molecule has 100 valence electrons. The van der Waals surface area contributed by atoms with E-state index in [9.17, 15) is 0 Å². The molecule has 1 fully saturated rings. The van der Waals surface area contributed by atoms with E-state index in [2.05, 4.69) is 20.8 Å². The van der Waals surface area contributed by atoms with Crippen molar-refractivity contribution in [3.8, 4) is 11.5 Å². The summed E-state index contributed by atoms with van der Waals surface area (Å²) in [6.45, 7) is 4.46. The molecule has 1 aromatic rings. The van der Waals surface area contributed by atoms with Crippen molar-refractivity contribution in [1.29, 1.82) is 0 Å². The molecule has 0 unspecified atom stereocenters. The number of ether oxygens (including phenoxy) is 3. The number of hydrogen-bond donors (Lipinski definition) is 0. The van der Waals surface area contributed by atoms with Gasteiger partial charge in [-0.05, 0) is 33.6 Å². The van der Waals surface area contributed by atoms with E-state index in [4.69, 9.17) is 14.2 Å². The molecule has 0 radical (unpaired) electrons. The van der Waals surface area contributed by atoms with Crippen LogP contribution in [0.3, 0.4) is 0 Å². The third-order valence-corrected chi connectivity index (χ3v) is 3.80. The van der Waals surface area contributed by atoms with E-state index in [0.717, 1.165) is 48.8 Å². The van der Waals surface area contributed by atoms with E-state index >= 15 is 0 Å². The second kappa shape index (κ2) is 6.41. The Labute approximate surface area is 116 Å². The maximum absolute atomic E-state index is 5.35. The summed E-state index contributed by atoms with van der Waals surface area (Å²) in [6.07, 6.45) is 0. The normalized spacial score (nSPS) is 16.6. The van der Waals surface area contributed by atoms with Crippen molar-refractivity contribution in [2.24, 2.45) is 0 Å². The Kier molecular flexibility index (Phi) is 4.86. The molecule has 0 atom stereocenters. The largest absolute Gasteiger partial charge is 0.495 e. The van der Waals surface area contributed by atoms with Gasteiger partial charge in [0, 0.05) is 19.6 Å². The Hall–Kier alpha value is -0.780. The van der Waals surface area contributed by atoms with Gasteiger partial charge in [0.15, 0.2) is 0 Å². The molecule has 0 amide bonds. The van der Waals surface area contributed by atoms with Gasteiger partial charge in [0.2, 0.25) is 0 Å². The van der Waals surface area contributed by atoms with Crippen molar-refractivity contribution < 1.29 is 14.2 Å². The molecule has 0 saturated carbocycles. The fraction of sp³-hybridized carbons (Fsp3) is 0.538. The molecule has 0 spiro atoms. The van der Waals surface area contributed by atoms with Crippen LogP contribution < -0.4 is 9.47 Å². The third-order valence-electron chi connectivity index (χ3n) is 3.02. The van der Waals surface area contributed by atoms with Gasteiger partial charge in [-0.1, -0.05) is 0 Å². The van der Waals surface area contributed by atoms with E-state index in [0.29, 0.717) is 0 Å². The van der Waals surface area contributed by atoms with Crippen LogP contribution in [0.5, 0.6) is 11.5 Å². The van der Waals surface area contributed by atoms with Gasteiger partial charge in [-0.2, -0.15) is 0 Å². The summed E-state index contributed by atoms with van der Waals surface area (Å²) in [4.78, 5) is 2.37. The minimum atomic E-state index is 0.803. The van der Waals surface area contributed by atoms with Gasteiger partial charge in [-0.25, -0.2) is 0 Å². The molecule has 1 heterocycles. The van der Waals surface area contributed by atoms with Crippen LogP contribution in [0, 0.1) is 0 Å². The maximum Gasteiger partial charge on any atom is 0.137 e. The second-order valence-corrected chi connectivity index (χ2v) is 5.00. The maximum atomic E-state index is 5.35. The number of methoxy groups -OCH3 is 2. The lowest BCUT2D eigenvalue weighted by molar-refractivity contribution is 0.0341. The van der Waals surface area contributed by atoms with Crippen molar-refractivity contribution in [2.75, 3.05) is 40.5 Å². The fourth-order valence-electron chi connectivity index (χ4n) is 2.03. The summed E-state index contributed by atoms with van der Waals surface area (Å²) in [5.41, 5.74) is 1.19. The molecule has 1 aliphatic rings. The van der Waals surface area contributed by atoms with E-state index in [-0.39, 0.29) is 0 Å². The van der Waals surface area contributed by atoms with Crippen LogP contribution in [0.1, 0.15) is 5.56 Å². The number of morpholine rings is 1. The van der Waals surface area contributed by atoms with Gasteiger partial charge in [0.05, 0.1) is 27.4 Å². The lowest BCUT2D eigenvalue weighted by Gasteiger charge is -2.27. The number of halogens is 1. The lowest BCUT2D eigenvalue weighted by atomic mass is 10.2. The summed E-state index contributed by atoms with van der Waals surface area (Å²) in [5, 5.41) is 0. The highest BCUT2D eigenvalue weighted by molar-refractivity contribution is 9.10. The summed E-state index contributed by atoms with van der Waals surface area (Å²) in [7, 11) is 3.33. The highest BCUT2D eigenvalue weighted by atomic mass is 79.9. The minimum Gasteiger partial charge on any atom is -0.495 e. The molecule has 0 bridgehead atoms. The molecule has 1 aromatic carbocycles. The molecular weight excluding hydrogens is 298 g/mol. The average molecular weight is 316 g/mol. The van der Waals surface area contributed by atoms with E-state index in [1.54, 1.807) is 14.2 Å². The minimum absolute atomic E-state index is 0.803. The first kappa shape index (κ1) is 13.6. The van der Waals surface area contributed by atoms with Crippen molar-refractivity contribution in [1.82, 2.24) is 4.90 Å². The van der Waals surface area contributed by atoms with Crippen molar-refractivity contribution in [2.45, 2.75) is 6.54 Å². The Morgan fingerprint density at radius 1 is 1.17 bits per heavy atom. The molecule has 5 heteroatoms. The van der Waals surface area contributed by atoms with Gasteiger partial charge in [-0.3, -0.25) is 4.90 Å². The Morgan fingerprint density at radius 2 is 1.72 bits per heavy atom. The highest BCUT2D eigenvalue weighted by Crippen LogP contribution is 2.35. The Morgan fingerprint density at radius 3 is 2.22 bits per heavy atom. The number of benzene rings is 1. The van der Waals surface area contributed by atoms with Gasteiger partial charge in [-0.15, -0.1) is 0 Å².